The van der Waals surface area contributed by atoms with Crippen molar-refractivity contribution in [3.05, 3.63) is 34.9 Å². The largest absolute Gasteiger partial charge is 0.349 e. The van der Waals surface area contributed by atoms with Crippen LogP contribution in [-0.4, -0.2) is 11.9 Å². The summed E-state index contributed by atoms with van der Waals surface area (Å²) in [4.78, 5) is 12.4. The average Bonchev–Trinajstić information content (AvgIpc) is 2.72. The number of carbonyl (C=O) groups is 1. The van der Waals surface area contributed by atoms with E-state index >= 15 is 0 Å². The molecule has 2 fully saturated rings. The molecule has 20 heavy (non-hydrogen) atoms. The summed E-state index contributed by atoms with van der Waals surface area (Å²) in [6, 6.07) is 7.40. The van der Waals surface area contributed by atoms with Gasteiger partial charge in [-0.05, 0) is 60.3 Å². The van der Waals surface area contributed by atoms with Gasteiger partial charge < -0.3 is 5.32 Å². The van der Waals surface area contributed by atoms with Gasteiger partial charge in [0.05, 0.1) is 0 Å². The van der Waals surface area contributed by atoms with Gasteiger partial charge >= 0.3 is 0 Å². The highest BCUT2D eigenvalue weighted by atomic mass is 35.5. The van der Waals surface area contributed by atoms with Crippen molar-refractivity contribution in [3.63, 3.8) is 0 Å². The summed E-state index contributed by atoms with van der Waals surface area (Å²) in [5.74, 6) is 0.763. The molecule has 0 aliphatic heterocycles. The van der Waals surface area contributed by atoms with Crippen LogP contribution >= 0.6 is 11.6 Å². The molecule has 2 aliphatic carbocycles. The molecule has 108 valence electrons. The van der Waals surface area contributed by atoms with Crippen LogP contribution in [0.1, 0.15) is 50.4 Å². The van der Waals surface area contributed by atoms with Gasteiger partial charge in [0.25, 0.3) is 5.91 Å². The van der Waals surface area contributed by atoms with Crippen LogP contribution in [-0.2, 0) is 0 Å². The van der Waals surface area contributed by atoms with Crippen molar-refractivity contribution in [2.24, 2.45) is 16.7 Å². The first-order chi connectivity index (χ1) is 9.34. The highest BCUT2D eigenvalue weighted by molar-refractivity contribution is 6.30. The lowest BCUT2D eigenvalue weighted by Gasteiger charge is -2.39. The lowest BCUT2D eigenvalue weighted by molar-refractivity contribution is 0.0826. The summed E-state index contributed by atoms with van der Waals surface area (Å²) in [6.45, 7) is 7.06. The molecule has 1 aromatic rings. The van der Waals surface area contributed by atoms with Crippen LogP contribution in [0, 0.1) is 16.7 Å². The molecule has 1 amide bonds. The van der Waals surface area contributed by atoms with E-state index in [1.165, 1.54) is 12.8 Å². The van der Waals surface area contributed by atoms with Crippen molar-refractivity contribution in [1.82, 2.24) is 5.32 Å². The summed E-state index contributed by atoms with van der Waals surface area (Å²) in [7, 11) is 0. The molecule has 2 nitrogen and oxygen atoms in total. The van der Waals surface area contributed by atoms with Crippen molar-refractivity contribution in [2.75, 3.05) is 0 Å². The van der Waals surface area contributed by atoms with Gasteiger partial charge in [-0.1, -0.05) is 32.4 Å². The van der Waals surface area contributed by atoms with Crippen molar-refractivity contribution in [2.45, 2.75) is 46.1 Å². The van der Waals surface area contributed by atoms with Gasteiger partial charge in [0.2, 0.25) is 0 Å². The molecule has 0 heterocycles. The zero-order valence-corrected chi connectivity index (χ0v) is 13.1. The molecule has 0 radical (unpaired) electrons. The van der Waals surface area contributed by atoms with Crippen molar-refractivity contribution in [3.8, 4) is 0 Å². The topological polar surface area (TPSA) is 29.1 Å². The Bertz CT molecular complexity index is 536. The minimum Gasteiger partial charge on any atom is -0.349 e. The third-order valence-electron chi connectivity index (χ3n) is 6.21. The number of amides is 1. The van der Waals surface area contributed by atoms with E-state index in [0.717, 1.165) is 12.3 Å². The Hall–Kier alpha value is -1.02. The molecule has 3 atom stereocenters. The standard InChI is InChI=1S/C17H22ClNO/c1-16(2)12-8-9-17(16,3)14(10-12)19-15(20)11-4-6-13(18)7-5-11/h4-7,12,14H,8-10H2,1-3H3,(H,19,20)/t12-,14-,17+/m0/s1. The fraction of sp³-hybridized carbons (Fsp3) is 0.588. The van der Waals surface area contributed by atoms with E-state index in [-0.39, 0.29) is 11.3 Å². The first-order valence-corrected chi connectivity index (χ1v) is 7.79. The average molecular weight is 292 g/mol. The predicted octanol–water partition coefficient (Wildman–Crippen LogP) is 4.28. The molecule has 1 N–H and O–H groups in total. The van der Waals surface area contributed by atoms with Gasteiger partial charge in [0.15, 0.2) is 0 Å². The van der Waals surface area contributed by atoms with Crippen LogP contribution in [0.2, 0.25) is 5.02 Å². The fourth-order valence-corrected chi connectivity index (χ4v) is 4.39. The zero-order valence-electron chi connectivity index (χ0n) is 12.4. The number of benzene rings is 1. The Morgan fingerprint density at radius 3 is 2.40 bits per heavy atom. The normalized spacial score (nSPS) is 34.2. The van der Waals surface area contributed by atoms with Gasteiger partial charge in [0, 0.05) is 16.6 Å². The monoisotopic (exact) mass is 291 g/mol. The second-order valence-corrected chi connectivity index (χ2v) is 7.58. The lowest BCUT2D eigenvalue weighted by Crippen LogP contribution is -2.46. The highest BCUT2D eigenvalue weighted by Gasteiger charge is 2.61. The summed E-state index contributed by atoms with van der Waals surface area (Å²) < 4.78 is 0. The van der Waals surface area contributed by atoms with Crippen LogP contribution in [0.15, 0.2) is 24.3 Å². The maximum atomic E-state index is 12.4. The fourth-order valence-electron chi connectivity index (χ4n) is 4.26. The smallest absolute Gasteiger partial charge is 0.251 e. The van der Waals surface area contributed by atoms with Crippen LogP contribution in [0.25, 0.3) is 0 Å². The van der Waals surface area contributed by atoms with E-state index < -0.39 is 0 Å². The van der Waals surface area contributed by atoms with Gasteiger partial charge in [-0.15, -0.1) is 0 Å². The van der Waals surface area contributed by atoms with E-state index in [0.29, 0.717) is 22.0 Å². The van der Waals surface area contributed by atoms with E-state index in [2.05, 4.69) is 26.1 Å². The van der Waals surface area contributed by atoms with Gasteiger partial charge in [-0.25, -0.2) is 0 Å². The van der Waals surface area contributed by atoms with Gasteiger partial charge in [0.1, 0.15) is 0 Å². The molecule has 0 aromatic heterocycles. The van der Waals surface area contributed by atoms with Crippen LogP contribution < -0.4 is 5.32 Å². The lowest BCUT2D eigenvalue weighted by atomic mass is 9.69. The molecular weight excluding hydrogens is 270 g/mol. The van der Waals surface area contributed by atoms with Crippen molar-refractivity contribution >= 4 is 17.5 Å². The Labute approximate surface area is 125 Å². The molecule has 0 saturated heterocycles. The number of rotatable bonds is 2. The van der Waals surface area contributed by atoms with Crippen LogP contribution in [0.4, 0.5) is 0 Å². The number of hydrogen-bond donors (Lipinski definition) is 1. The van der Waals surface area contributed by atoms with E-state index in [4.69, 9.17) is 11.6 Å². The maximum Gasteiger partial charge on any atom is 0.251 e. The minimum atomic E-state index is 0.0243. The molecule has 1 aromatic carbocycles. The Kier molecular flexibility index (Phi) is 3.13. The van der Waals surface area contributed by atoms with Crippen LogP contribution in [0.5, 0.6) is 0 Å². The Balaban J connectivity index is 1.76. The van der Waals surface area contributed by atoms with Crippen LogP contribution in [0.3, 0.4) is 0 Å². The first kappa shape index (κ1) is 13.9. The summed E-state index contributed by atoms with van der Waals surface area (Å²) >= 11 is 5.87. The number of fused-ring (bicyclic) bond motifs is 2. The number of halogens is 1. The Morgan fingerprint density at radius 1 is 1.25 bits per heavy atom. The molecule has 2 bridgehead atoms. The zero-order chi connectivity index (χ0) is 14.5. The van der Waals surface area contributed by atoms with E-state index in [1.807, 2.05) is 0 Å². The van der Waals surface area contributed by atoms with E-state index in [1.54, 1.807) is 24.3 Å². The number of nitrogens with one attached hydrogen (secondary N) is 1. The molecular formula is C17H22ClNO. The van der Waals surface area contributed by atoms with E-state index in [9.17, 15) is 4.79 Å². The van der Waals surface area contributed by atoms with Gasteiger partial charge in [-0.2, -0.15) is 0 Å². The third-order valence-corrected chi connectivity index (χ3v) is 6.46. The predicted molar refractivity (Wildman–Crippen MR) is 81.9 cm³/mol. The Morgan fingerprint density at radius 2 is 1.90 bits per heavy atom. The molecule has 2 aliphatic rings. The van der Waals surface area contributed by atoms with Crippen molar-refractivity contribution < 1.29 is 4.79 Å². The van der Waals surface area contributed by atoms with Crippen molar-refractivity contribution in [1.29, 1.82) is 0 Å². The first-order valence-electron chi connectivity index (χ1n) is 7.41. The minimum absolute atomic E-state index is 0.0243. The SMILES string of the molecule is CC1(C)[C@H]2CC[C@]1(C)[C@@H](NC(=O)c1ccc(Cl)cc1)C2. The third kappa shape index (κ3) is 1.88. The molecule has 0 unspecified atom stereocenters. The molecule has 3 rings (SSSR count). The number of hydrogen-bond acceptors (Lipinski definition) is 1. The maximum absolute atomic E-state index is 12.4. The molecule has 2 saturated carbocycles. The second-order valence-electron chi connectivity index (χ2n) is 7.14. The summed E-state index contributed by atoms with van der Waals surface area (Å²) in [5.41, 5.74) is 1.24. The second kappa shape index (κ2) is 4.49. The highest BCUT2D eigenvalue weighted by Crippen LogP contribution is 2.65. The quantitative estimate of drug-likeness (QED) is 0.865. The number of carbonyl (C=O) groups excluding carboxylic acids is 1. The summed E-state index contributed by atoms with van der Waals surface area (Å²) in [5, 5.41) is 3.92. The summed E-state index contributed by atoms with van der Waals surface area (Å²) in [6.07, 6.45) is 3.63. The molecule has 0 spiro atoms. The molecule has 3 heteroatoms. The van der Waals surface area contributed by atoms with Gasteiger partial charge in [-0.3, -0.25) is 4.79 Å².